The van der Waals surface area contributed by atoms with Gasteiger partial charge >= 0.3 is 0 Å². The Morgan fingerprint density at radius 2 is 1.68 bits per heavy atom. The molecule has 3 nitrogen and oxygen atoms in total. The second-order valence-electron chi connectivity index (χ2n) is 4.45. The number of nitrogens with zero attached hydrogens (tertiary/aromatic N) is 2. The van der Waals surface area contributed by atoms with Crippen molar-refractivity contribution in [3.63, 3.8) is 0 Å². The van der Waals surface area contributed by atoms with E-state index in [0.717, 1.165) is 20.6 Å². The van der Waals surface area contributed by atoms with E-state index < -0.39 is 0 Å². The zero-order valence-corrected chi connectivity index (χ0v) is 13.7. The average molecular weight is 325 g/mol. The Morgan fingerprint density at radius 1 is 0.864 bits per heavy atom. The minimum absolute atomic E-state index is 0.888. The molecule has 2 heterocycles. The zero-order valence-electron chi connectivity index (χ0n) is 12.1. The number of pyridine rings is 2. The van der Waals surface area contributed by atoms with Crippen molar-refractivity contribution in [2.45, 2.75) is 19.7 Å². The van der Waals surface area contributed by atoms with Crippen LogP contribution < -0.4 is 5.32 Å². The molecule has 0 atom stereocenters. The third-order valence-electron chi connectivity index (χ3n) is 2.90. The predicted octanol–water partition coefficient (Wildman–Crippen LogP) is 4.82. The summed E-state index contributed by atoms with van der Waals surface area (Å²) in [5, 5.41) is 4.12. The molecule has 0 bridgehead atoms. The van der Waals surface area contributed by atoms with E-state index in [1.807, 2.05) is 49.6 Å². The smallest absolute Gasteiger partial charge is 0.139 e. The summed E-state index contributed by atoms with van der Waals surface area (Å²) < 4.78 is 0. The lowest BCUT2D eigenvalue weighted by Gasteiger charge is -2.09. The van der Waals surface area contributed by atoms with Crippen molar-refractivity contribution < 1.29 is 0 Å². The molecular weight excluding hydrogens is 310 g/mol. The molecule has 0 fully saturated rings. The van der Waals surface area contributed by atoms with Gasteiger partial charge in [-0.1, -0.05) is 47.8 Å². The highest BCUT2D eigenvalue weighted by Crippen LogP contribution is 2.36. The van der Waals surface area contributed by atoms with E-state index in [4.69, 9.17) is 0 Å². The van der Waals surface area contributed by atoms with Gasteiger partial charge in [0.2, 0.25) is 0 Å². The number of aromatic nitrogens is 2. The van der Waals surface area contributed by atoms with E-state index in [2.05, 4.69) is 33.5 Å². The largest absolute Gasteiger partial charge is 0.372 e. The highest BCUT2D eigenvalue weighted by Gasteiger charge is 2.08. The Balaban J connectivity index is 1.86. The third-order valence-corrected chi connectivity index (χ3v) is 4.84. The summed E-state index contributed by atoms with van der Waals surface area (Å²) in [6, 6.07) is 18.4. The molecule has 0 spiro atoms. The summed E-state index contributed by atoms with van der Waals surface area (Å²) in [4.78, 5) is 12.2. The molecule has 5 heteroatoms. The summed E-state index contributed by atoms with van der Waals surface area (Å²) >= 11 is 3.32. The first-order valence-corrected chi connectivity index (χ1v) is 8.48. The molecular formula is C17H15N3S2. The maximum Gasteiger partial charge on any atom is 0.139 e. The van der Waals surface area contributed by atoms with Crippen LogP contribution in [-0.4, -0.2) is 17.0 Å². The Labute approximate surface area is 138 Å². The molecule has 22 heavy (non-hydrogen) atoms. The Hall–Kier alpha value is -1.98. The van der Waals surface area contributed by atoms with Crippen molar-refractivity contribution in [2.24, 2.45) is 0 Å². The number of hydrogen-bond acceptors (Lipinski definition) is 5. The van der Waals surface area contributed by atoms with Crippen LogP contribution in [0, 0.1) is 0 Å². The molecule has 0 unspecified atom stereocenters. The van der Waals surface area contributed by atoms with Gasteiger partial charge < -0.3 is 5.32 Å². The van der Waals surface area contributed by atoms with Crippen molar-refractivity contribution in [3.8, 4) is 0 Å². The number of hydrogen-bond donors (Lipinski definition) is 1. The molecule has 0 aliphatic heterocycles. The fraction of sp³-hybridized carbons (Fsp3) is 0.0588. The van der Waals surface area contributed by atoms with Gasteiger partial charge in [-0.05, 0) is 30.3 Å². The van der Waals surface area contributed by atoms with Gasteiger partial charge in [-0.2, -0.15) is 0 Å². The van der Waals surface area contributed by atoms with Crippen LogP contribution in [0.2, 0.25) is 0 Å². The van der Waals surface area contributed by atoms with Crippen molar-refractivity contribution in [1.82, 2.24) is 9.97 Å². The van der Waals surface area contributed by atoms with Gasteiger partial charge in [0.15, 0.2) is 0 Å². The molecule has 0 radical (unpaired) electrons. The molecule has 1 aromatic carbocycles. The van der Waals surface area contributed by atoms with Crippen molar-refractivity contribution in [2.75, 3.05) is 12.4 Å². The van der Waals surface area contributed by atoms with E-state index >= 15 is 0 Å². The number of nitrogens with one attached hydrogen (secondary N) is 1. The SMILES string of the molecule is CNc1ncc(Sc2ccccn2)cc1Sc1ccccc1. The van der Waals surface area contributed by atoms with Crippen LogP contribution in [-0.2, 0) is 0 Å². The third kappa shape index (κ3) is 3.81. The van der Waals surface area contributed by atoms with Crippen LogP contribution in [0.5, 0.6) is 0 Å². The Bertz CT molecular complexity index is 733. The van der Waals surface area contributed by atoms with Gasteiger partial charge in [0, 0.05) is 29.2 Å². The first-order valence-electron chi connectivity index (χ1n) is 6.85. The number of benzene rings is 1. The van der Waals surface area contributed by atoms with Crippen molar-refractivity contribution in [1.29, 1.82) is 0 Å². The molecule has 2 aromatic heterocycles. The molecule has 0 aliphatic rings. The maximum absolute atomic E-state index is 4.51. The second kappa shape index (κ2) is 7.33. The lowest BCUT2D eigenvalue weighted by atomic mass is 10.4. The molecule has 3 rings (SSSR count). The first kappa shape index (κ1) is 14.9. The Morgan fingerprint density at radius 3 is 2.41 bits per heavy atom. The summed E-state index contributed by atoms with van der Waals surface area (Å²) in [6.07, 6.45) is 3.68. The lowest BCUT2D eigenvalue weighted by molar-refractivity contribution is 1.11. The van der Waals surface area contributed by atoms with Gasteiger partial charge in [0.25, 0.3) is 0 Å². The Kier molecular flexibility index (Phi) is 4.98. The normalized spacial score (nSPS) is 10.4. The fourth-order valence-corrected chi connectivity index (χ4v) is 3.73. The van der Waals surface area contributed by atoms with Crippen molar-refractivity contribution in [3.05, 3.63) is 67.0 Å². The minimum atomic E-state index is 0.888. The molecule has 0 amide bonds. The topological polar surface area (TPSA) is 37.8 Å². The molecule has 3 aromatic rings. The summed E-state index contributed by atoms with van der Waals surface area (Å²) in [5.41, 5.74) is 0. The van der Waals surface area contributed by atoms with Crippen LogP contribution in [0.4, 0.5) is 5.82 Å². The summed E-state index contributed by atoms with van der Waals surface area (Å²) in [6.45, 7) is 0. The highest BCUT2D eigenvalue weighted by atomic mass is 32.2. The number of anilines is 1. The lowest BCUT2D eigenvalue weighted by Crippen LogP contribution is -1.95. The summed E-state index contributed by atoms with van der Waals surface area (Å²) in [7, 11) is 1.89. The second-order valence-corrected chi connectivity index (χ2v) is 6.66. The van der Waals surface area contributed by atoms with E-state index in [-0.39, 0.29) is 0 Å². The van der Waals surface area contributed by atoms with Crippen molar-refractivity contribution >= 4 is 29.3 Å². The van der Waals surface area contributed by atoms with E-state index in [1.165, 1.54) is 4.90 Å². The van der Waals surface area contributed by atoms with Gasteiger partial charge in [-0.25, -0.2) is 9.97 Å². The van der Waals surface area contributed by atoms with Gasteiger partial charge in [-0.3, -0.25) is 0 Å². The van der Waals surface area contributed by atoms with Gasteiger partial charge in [0.05, 0.1) is 4.90 Å². The van der Waals surface area contributed by atoms with Crippen LogP contribution in [0.3, 0.4) is 0 Å². The standard InChI is InChI=1S/C17H15N3S2/c1-18-17-15(21-13-7-3-2-4-8-13)11-14(12-20-17)22-16-9-5-6-10-19-16/h2-12H,1H3,(H,18,20). The molecule has 1 N–H and O–H groups in total. The maximum atomic E-state index is 4.51. The monoisotopic (exact) mass is 325 g/mol. The van der Waals surface area contributed by atoms with E-state index in [0.29, 0.717) is 0 Å². The number of rotatable bonds is 5. The van der Waals surface area contributed by atoms with Gasteiger partial charge in [0.1, 0.15) is 10.8 Å². The molecule has 0 saturated heterocycles. The van der Waals surface area contributed by atoms with E-state index in [9.17, 15) is 0 Å². The first-order chi connectivity index (χ1) is 10.8. The minimum Gasteiger partial charge on any atom is -0.372 e. The molecule has 0 aliphatic carbocycles. The summed E-state index contributed by atoms with van der Waals surface area (Å²) in [5.74, 6) is 0.888. The van der Waals surface area contributed by atoms with Gasteiger partial charge in [-0.15, -0.1) is 0 Å². The van der Waals surface area contributed by atoms with Crippen LogP contribution in [0.1, 0.15) is 0 Å². The van der Waals surface area contributed by atoms with Crippen LogP contribution in [0.25, 0.3) is 0 Å². The van der Waals surface area contributed by atoms with Crippen LogP contribution in [0.15, 0.2) is 86.7 Å². The van der Waals surface area contributed by atoms with Crippen LogP contribution >= 0.6 is 23.5 Å². The predicted molar refractivity (Wildman–Crippen MR) is 92.7 cm³/mol. The fourth-order valence-electron chi connectivity index (χ4n) is 1.89. The zero-order chi connectivity index (χ0) is 15.2. The van der Waals surface area contributed by atoms with E-state index in [1.54, 1.807) is 29.7 Å². The molecule has 110 valence electrons. The quantitative estimate of drug-likeness (QED) is 0.728. The average Bonchev–Trinajstić information content (AvgIpc) is 2.57. The molecule has 0 saturated carbocycles. The highest BCUT2D eigenvalue weighted by molar-refractivity contribution is 8.00.